The van der Waals surface area contributed by atoms with Crippen molar-refractivity contribution in [3.05, 3.63) is 71.8 Å². The second-order valence-electron chi connectivity index (χ2n) is 4.68. The monoisotopic (exact) mass is 313 g/mol. The maximum atomic E-state index is 12.8. The molecular formula is C16H16N3O2P. The van der Waals surface area contributed by atoms with E-state index in [0.29, 0.717) is 23.8 Å². The summed E-state index contributed by atoms with van der Waals surface area (Å²) in [6, 6.07) is 15.2. The quantitative estimate of drug-likeness (QED) is 0.875. The third kappa shape index (κ3) is 3.16. The van der Waals surface area contributed by atoms with Gasteiger partial charge in [0.1, 0.15) is 5.69 Å². The molecule has 1 atom stereocenters. The van der Waals surface area contributed by atoms with Crippen molar-refractivity contribution in [3.63, 3.8) is 0 Å². The van der Waals surface area contributed by atoms with Crippen molar-refractivity contribution >= 4 is 19.1 Å². The molecule has 22 heavy (non-hydrogen) atoms. The molecule has 0 bridgehead atoms. The Hall–Kier alpha value is -2.23. The van der Waals surface area contributed by atoms with E-state index in [1.807, 2.05) is 48.5 Å². The molecule has 1 aliphatic rings. The summed E-state index contributed by atoms with van der Waals surface area (Å²) in [5, 5.41) is 3.20. The van der Waals surface area contributed by atoms with Gasteiger partial charge >= 0.3 is 7.52 Å². The SMILES string of the molecule is CCOP1(=O)C=C(c2ccccc2)NC(c2ccccn2)=N1. The predicted octanol–water partition coefficient (Wildman–Crippen LogP) is 3.66. The molecule has 0 radical (unpaired) electrons. The van der Waals surface area contributed by atoms with Gasteiger partial charge in [-0.15, -0.1) is 0 Å². The summed E-state index contributed by atoms with van der Waals surface area (Å²) in [5.41, 5.74) is 2.27. The van der Waals surface area contributed by atoms with Crippen LogP contribution < -0.4 is 5.32 Å². The maximum absolute atomic E-state index is 12.8. The number of pyridine rings is 1. The summed E-state index contributed by atoms with van der Waals surface area (Å²) in [5.74, 6) is 2.02. The molecule has 1 aromatic heterocycles. The Bertz CT molecular complexity index is 698. The molecule has 112 valence electrons. The van der Waals surface area contributed by atoms with Crippen molar-refractivity contribution in [1.29, 1.82) is 0 Å². The Morgan fingerprint density at radius 3 is 2.59 bits per heavy atom. The lowest BCUT2D eigenvalue weighted by Crippen LogP contribution is -2.26. The first kappa shape index (κ1) is 14.7. The van der Waals surface area contributed by atoms with Crippen LogP contribution in [0.15, 0.2) is 65.3 Å². The highest BCUT2D eigenvalue weighted by Crippen LogP contribution is 2.53. The van der Waals surface area contributed by atoms with Crippen LogP contribution in [-0.4, -0.2) is 17.4 Å². The fourth-order valence-corrected chi connectivity index (χ4v) is 3.68. The van der Waals surface area contributed by atoms with Crippen molar-refractivity contribution in [1.82, 2.24) is 10.3 Å². The molecule has 0 spiro atoms. The van der Waals surface area contributed by atoms with Crippen LogP contribution in [0.25, 0.3) is 5.70 Å². The zero-order valence-electron chi connectivity index (χ0n) is 12.1. The maximum Gasteiger partial charge on any atom is 0.341 e. The van der Waals surface area contributed by atoms with E-state index in [0.717, 1.165) is 5.56 Å². The topological polar surface area (TPSA) is 63.6 Å². The zero-order chi connectivity index (χ0) is 15.4. The smallest absolute Gasteiger partial charge is 0.338 e. The second-order valence-corrected chi connectivity index (χ2v) is 6.52. The van der Waals surface area contributed by atoms with Crippen molar-refractivity contribution in [2.24, 2.45) is 4.76 Å². The normalized spacial score (nSPS) is 20.8. The van der Waals surface area contributed by atoms with Crippen molar-refractivity contribution < 1.29 is 9.09 Å². The highest BCUT2D eigenvalue weighted by Gasteiger charge is 2.27. The molecular weight excluding hydrogens is 297 g/mol. The van der Waals surface area contributed by atoms with Crippen LogP contribution in [-0.2, 0) is 9.09 Å². The summed E-state index contributed by atoms with van der Waals surface area (Å²) in [4.78, 5) is 4.26. The Kier molecular flexibility index (Phi) is 4.18. The lowest BCUT2D eigenvalue weighted by atomic mass is 10.1. The summed E-state index contributed by atoms with van der Waals surface area (Å²) < 4.78 is 22.5. The van der Waals surface area contributed by atoms with Crippen LogP contribution in [0, 0.1) is 0 Å². The van der Waals surface area contributed by atoms with Gasteiger partial charge in [-0.2, -0.15) is 4.76 Å². The first-order valence-corrected chi connectivity index (χ1v) is 8.66. The predicted molar refractivity (Wildman–Crippen MR) is 87.6 cm³/mol. The first-order chi connectivity index (χ1) is 10.7. The van der Waals surface area contributed by atoms with Gasteiger partial charge in [0.05, 0.1) is 12.3 Å². The minimum atomic E-state index is -3.23. The molecule has 0 saturated carbocycles. The zero-order valence-corrected chi connectivity index (χ0v) is 13.0. The van der Waals surface area contributed by atoms with E-state index in [4.69, 9.17) is 4.52 Å². The van der Waals surface area contributed by atoms with Crippen molar-refractivity contribution in [3.8, 4) is 0 Å². The number of nitrogens with one attached hydrogen (secondary N) is 1. The van der Waals surface area contributed by atoms with E-state index in [9.17, 15) is 4.57 Å². The average molecular weight is 313 g/mol. The number of hydrogen-bond donors (Lipinski definition) is 1. The van der Waals surface area contributed by atoms with Crippen LogP contribution in [0.2, 0.25) is 0 Å². The van der Waals surface area contributed by atoms with Gasteiger partial charge in [0.15, 0.2) is 5.84 Å². The summed E-state index contributed by atoms with van der Waals surface area (Å²) in [7, 11) is -3.23. The molecule has 2 heterocycles. The molecule has 0 amide bonds. The van der Waals surface area contributed by atoms with E-state index >= 15 is 0 Å². The van der Waals surface area contributed by atoms with Crippen LogP contribution in [0.4, 0.5) is 0 Å². The van der Waals surface area contributed by atoms with E-state index in [1.54, 1.807) is 18.9 Å². The summed E-state index contributed by atoms with van der Waals surface area (Å²) >= 11 is 0. The van der Waals surface area contributed by atoms with E-state index in [2.05, 4.69) is 15.1 Å². The first-order valence-electron chi connectivity index (χ1n) is 7.01. The fraction of sp³-hybridized carbons (Fsp3) is 0.125. The van der Waals surface area contributed by atoms with Crippen LogP contribution in [0.3, 0.4) is 0 Å². The van der Waals surface area contributed by atoms with Gasteiger partial charge in [0.25, 0.3) is 0 Å². The van der Waals surface area contributed by atoms with Gasteiger partial charge in [0, 0.05) is 12.0 Å². The second kappa shape index (κ2) is 6.26. The number of nitrogens with zero attached hydrogens (tertiary/aromatic N) is 2. The number of hydrogen-bond acceptors (Lipinski definition) is 4. The van der Waals surface area contributed by atoms with E-state index < -0.39 is 7.52 Å². The molecule has 1 N–H and O–H groups in total. The lowest BCUT2D eigenvalue weighted by molar-refractivity contribution is 0.340. The van der Waals surface area contributed by atoms with Crippen molar-refractivity contribution in [2.75, 3.05) is 6.61 Å². The van der Waals surface area contributed by atoms with Gasteiger partial charge < -0.3 is 9.84 Å². The number of amidine groups is 1. The molecule has 2 aromatic rings. The molecule has 6 heteroatoms. The number of rotatable bonds is 4. The molecule has 1 aromatic carbocycles. The highest BCUT2D eigenvalue weighted by atomic mass is 31.2. The van der Waals surface area contributed by atoms with Crippen LogP contribution >= 0.6 is 7.52 Å². The molecule has 1 aliphatic heterocycles. The van der Waals surface area contributed by atoms with Gasteiger partial charge in [0.2, 0.25) is 0 Å². The molecule has 0 saturated heterocycles. The minimum absolute atomic E-state index is 0.328. The molecule has 1 unspecified atom stereocenters. The van der Waals surface area contributed by atoms with Crippen molar-refractivity contribution in [2.45, 2.75) is 6.92 Å². The molecule has 3 rings (SSSR count). The fourth-order valence-electron chi connectivity index (χ4n) is 2.15. The lowest BCUT2D eigenvalue weighted by Gasteiger charge is -2.21. The summed E-state index contributed by atoms with van der Waals surface area (Å²) in [6.45, 7) is 2.13. The average Bonchev–Trinajstić information content (AvgIpc) is 2.56. The van der Waals surface area contributed by atoms with E-state index in [1.165, 1.54) is 0 Å². The van der Waals surface area contributed by atoms with Crippen LogP contribution in [0.5, 0.6) is 0 Å². The van der Waals surface area contributed by atoms with Crippen LogP contribution in [0.1, 0.15) is 18.2 Å². The van der Waals surface area contributed by atoms with Gasteiger partial charge in [-0.3, -0.25) is 9.55 Å². The largest absolute Gasteiger partial charge is 0.341 e. The Morgan fingerprint density at radius 2 is 1.91 bits per heavy atom. The number of aromatic nitrogens is 1. The van der Waals surface area contributed by atoms with Gasteiger partial charge in [-0.25, -0.2) is 0 Å². The van der Waals surface area contributed by atoms with E-state index in [-0.39, 0.29) is 0 Å². The third-order valence-electron chi connectivity index (χ3n) is 3.09. The number of benzene rings is 1. The highest BCUT2D eigenvalue weighted by molar-refractivity contribution is 7.61. The third-order valence-corrected chi connectivity index (χ3v) is 4.78. The van der Waals surface area contributed by atoms with Gasteiger partial charge in [-0.05, 0) is 24.6 Å². The molecule has 0 aliphatic carbocycles. The van der Waals surface area contributed by atoms with Gasteiger partial charge in [-0.1, -0.05) is 36.4 Å². The summed E-state index contributed by atoms with van der Waals surface area (Å²) in [6.07, 6.45) is 1.67. The molecule has 5 nitrogen and oxygen atoms in total. The Morgan fingerprint density at radius 1 is 1.14 bits per heavy atom. The Labute approximate surface area is 129 Å². The Balaban J connectivity index is 2.04. The molecule has 0 fully saturated rings. The standard InChI is InChI=1S/C16H16N3O2P/c1-2-21-22(20)12-15(13-8-4-3-5-9-13)18-16(19-22)14-10-6-7-11-17-14/h3-12H,2H2,1H3,(H,18,19,20). The minimum Gasteiger partial charge on any atom is -0.338 e.